The van der Waals surface area contributed by atoms with Crippen molar-refractivity contribution in [3.05, 3.63) is 58.7 Å². The van der Waals surface area contributed by atoms with Crippen LogP contribution >= 0.6 is 0 Å². The highest BCUT2D eigenvalue weighted by atomic mass is 16.5. The summed E-state index contributed by atoms with van der Waals surface area (Å²) in [6.07, 6.45) is 1.81. The van der Waals surface area contributed by atoms with Gasteiger partial charge in [-0.05, 0) is 81.0 Å². The summed E-state index contributed by atoms with van der Waals surface area (Å²) >= 11 is 0. The van der Waals surface area contributed by atoms with Gasteiger partial charge in [0, 0.05) is 6.54 Å². The average molecular weight is 355 g/mol. The first kappa shape index (κ1) is 19.8. The van der Waals surface area contributed by atoms with E-state index < -0.39 is 0 Å². The molecule has 0 unspecified atom stereocenters. The second-order valence-corrected chi connectivity index (χ2v) is 6.52. The lowest BCUT2D eigenvalue weighted by atomic mass is 10.1. The van der Waals surface area contributed by atoms with Gasteiger partial charge >= 0.3 is 0 Å². The van der Waals surface area contributed by atoms with Gasteiger partial charge in [0.25, 0.3) is 5.91 Å². The highest BCUT2D eigenvalue weighted by Crippen LogP contribution is 2.23. The summed E-state index contributed by atoms with van der Waals surface area (Å²) < 4.78 is 11.1. The smallest absolute Gasteiger partial charge is 0.257 e. The van der Waals surface area contributed by atoms with E-state index in [2.05, 4.69) is 30.4 Å². The maximum Gasteiger partial charge on any atom is 0.257 e. The zero-order valence-corrected chi connectivity index (χ0v) is 16.2. The van der Waals surface area contributed by atoms with Gasteiger partial charge in [-0.1, -0.05) is 18.2 Å². The predicted octanol–water partition coefficient (Wildman–Crippen LogP) is 4.14. The van der Waals surface area contributed by atoms with Crippen molar-refractivity contribution in [1.82, 2.24) is 5.32 Å². The standard InChI is InChI=1S/C22H29NO3/c1-5-25-20-10-8-19(9-11-20)7-6-12-23-22(24)15-26-21-14-16(2)13-17(3)18(21)4/h8-11,13-14H,5-7,12,15H2,1-4H3,(H,23,24). The average Bonchev–Trinajstić information content (AvgIpc) is 2.62. The summed E-state index contributed by atoms with van der Waals surface area (Å²) in [5.41, 5.74) is 4.64. The molecule has 0 saturated carbocycles. The van der Waals surface area contributed by atoms with Crippen LogP contribution < -0.4 is 14.8 Å². The molecule has 0 aromatic heterocycles. The number of carbonyl (C=O) groups is 1. The van der Waals surface area contributed by atoms with Crippen LogP contribution in [-0.4, -0.2) is 25.7 Å². The number of carbonyl (C=O) groups excluding carboxylic acids is 1. The first-order valence-corrected chi connectivity index (χ1v) is 9.18. The fraction of sp³-hybridized carbons (Fsp3) is 0.409. The van der Waals surface area contributed by atoms with Crippen LogP contribution in [0.5, 0.6) is 11.5 Å². The van der Waals surface area contributed by atoms with E-state index in [0.717, 1.165) is 35.5 Å². The fourth-order valence-electron chi connectivity index (χ4n) is 2.78. The molecule has 0 aliphatic rings. The molecule has 0 saturated heterocycles. The lowest BCUT2D eigenvalue weighted by Crippen LogP contribution is -2.30. The maximum atomic E-state index is 12.0. The molecule has 0 spiro atoms. The molecule has 0 heterocycles. The van der Waals surface area contributed by atoms with Gasteiger partial charge in [0.15, 0.2) is 6.61 Å². The van der Waals surface area contributed by atoms with Crippen LogP contribution in [0.2, 0.25) is 0 Å². The fourth-order valence-corrected chi connectivity index (χ4v) is 2.78. The summed E-state index contributed by atoms with van der Waals surface area (Å²) in [4.78, 5) is 12.0. The number of ether oxygens (including phenoxy) is 2. The van der Waals surface area contributed by atoms with Crippen LogP contribution in [0.25, 0.3) is 0 Å². The van der Waals surface area contributed by atoms with E-state index >= 15 is 0 Å². The van der Waals surface area contributed by atoms with E-state index in [-0.39, 0.29) is 12.5 Å². The van der Waals surface area contributed by atoms with E-state index in [1.54, 1.807) is 0 Å². The van der Waals surface area contributed by atoms with Gasteiger partial charge in [0.2, 0.25) is 0 Å². The largest absolute Gasteiger partial charge is 0.494 e. The number of hydrogen-bond acceptors (Lipinski definition) is 3. The molecule has 140 valence electrons. The molecule has 0 radical (unpaired) electrons. The van der Waals surface area contributed by atoms with Gasteiger partial charge in [0.1, 0.15) is 11.5 Å². The Labute approximate surface area is 156 Å². The Morgan fingerprint density at radius 3 is 2.46 bits per heavy atom. The van der Waals surface area contributed by atoms with Crippen LogP contribution in [0.3, 0.4) is 0 Å². The number of nitrogens with one attached hydrogen (secondary N) is 1. The molecule has 4 nitrogen and oxygen atoms in total. The van der Waals surface area contributed by atoms with Gasteiger partial charge in [-0.2, -0.15) is 0 Å². The Balaban J connectivity index is 1.69. The lowest BCUT2D eigenvalue weighted by molar-refractivity contribution is -0.123. The summed E-state index contributed by atoms with van der Waals surface area (Å²) in [6.45, 7) is 9.43. The Kier molecular flexibility index (Phi) is 7.52. The molecule has 0 atom stereocenters. The van der Waals surface area contributed by atoms with Crippen molar-refractivity contribution in [2.45, 2.75) is 40.5 Å². The van der Waals surface area contributed by atoms with E-state index in [4.69, 9.17) is 9.47 Å². The minimum absolute atomic E-state index is 0.0484. The predicted molar refractivity (Wildman–Crippen MR) is 105 cm³/mol. The van der Waals surface area contributed by atoms with E-state index in [1.807, 2.05) is 39.0 Å². The third-order valence-electron chi connectivity index (χ3n) is 4.32. The quantitative estimate of drug-likeness (QED) is 0.688. The molecule has 1 N–H and O–H groups in total. The van der Waals surface area contributed by atoms with Gasteiger partial charge in [-0.3, -0.25) is 4.79 Å². The Bertz CT molecular complexity index is 723. The summed E-state index contributed by atoms with van der Waals surface area (Å²) in [5.74, 6) is 1.59. The van der Waals surface area contributed by atoms with E-state index in [0.29, 0.717) is 13.2 Å². The summed E-state index contributed by atoms with van der Waals surface area (Å²) in [5, 5.41) is 2.91. The van der Waals surface area contributed by atoms with Crippen molar-refractivity contribution < 1.29 is 14.3 Å². The van der Waals surface area contributed by atoms with Crippen LogP contribution in [0, 0.1) is 20.8 Å². The molecule has 2 aromatic rings. The Morgan fingerprint density at radius 2 is 1.77 bits per heavy atom. The summed E-state index contributed by atoms with van der Waals surface area (Å²) in [6, 6.07) is 12.2. The zero-order valence-electron chi connectivity index (χ0n) is 16.2. The van der Waals surface area contributed by atoms with Crippen molar-refractivity contribution in [3.8, 4) is 11.5 Å². The number of rotatable bonds is 9. The molecule has 2 rings (SSSR count). The number of aryl methyl sites for hydroxylation is 3. The van der Waals surface area contributed by atoms with Gasteiger partial charge in [0.05, 0.1) is 6.61 Å². The van der Waals surface area contributed by atoms with Gasteiger partial charge in [-0.25, -0.2) is 0 Å². The third kappa shape index (κ3) is 6.10. The second-order valence-electron chi connectivity index (χ2n) is 6.52. The molecular weight excluding hydrogens is 326 g/mol. The first-order valence-electron chi connectivity index (χ1n) is 9.18. The minimum atomic E-state index is -0.0877. The van der Waals surface area contributed by atoms with Gasteiger partial charge in [-0.15, -0.1) is 0 Å². The van der Waals surface area contributed by atoms with E-state index in [9.17, 15) is 4.79 Å². The molecule has 26 heavy (non-hydrogen) atoms. The molecule has 4 heteroatoms. The topological polar surface area (TPSA) is 47.6 Å². The van der Waals surface area contributed by atoms with Crippen LogP contribution in [0.15, 0.2) is 36.4 Å². The van der Waals surface area contributed by atoms with E-state index in [1.165, 1.54) is 11.1 Å². The molecule has 2 aromatic carbocycles. The van der Waals surface area contributed by atoms with Crippen molar-refractivity contribution in [2.75, 3.05) is 19.8 Å². The maximum absolute atomic E-state index is 12.0. The summed E-state index contributed by atoms with van der Waals surface area (Å²) in [7, 11) is 0. The lowest BCUT2D eigenvalue weighted by Gasteiger charge is -2.12. The Morgan fingerprint density at radius 1 is 1.04 bits per heavy atom. The minimum Gasteiger partial charge on any atom is -0.494 e. The molecule has 1 amide bonds. The van der Waals surface area contributed by atoms with Crippen molar-refractivity contribution in [3.63, 3.8) is 0 Å². The first-order chi connectivity index (χ1) is 12.5. The molecule has 0 aliphatic heterocycles. The number of benzene rings is 2. The highest BCUT2D eigenvalue weighted by molar-refractivity contribution is 5.77. The van der Waals surface area contributed by atoms with Crippen molar-refractivity contribution in [2.24, 2.45) is 0 Å². The Hall–Kier alpha value is -2.49. The van der Waals surface area contributed by atoms with Crippen molar-refractivity contribution >= 4 is 5.91 Å². The zero-order chi connectivity index (χ0) is 18.9. The monoisotopic (exact) mass is 355 g/mol. The number of amides is 1. The number of hydrogen-bond donors (Lipinski definition) is 1. The second kappa shape index (κ2) is 9.85. The SMILES string of the molecule is CCOc1ccc(CCCNC(=O)COc2cc(C)cc(C)c2C)cc1. The van der Waals surface area contributed by atoms with Crippen LogP contribution in [0.1, 0.15) is 35.6 Å². The third-order valence-corrected chi connectivity index (χ3v) is 4.32. The van der Waals surface area contributed by atoms with Crippen molar-refractivity contribution in [1.29, 1.82) is 0 Å². The normalized spacial score (nSPS) is 10.5. The molecule has 0 fully saturated rings. The highest BCUT2D eigenvalue weighted by Gasteiger charge is 2.07. The van der Waals surface area contributed by atoms with Crippen LogP contribution in [0.4, 0.5) is 0 Å². The van der Waals surface area contributed by atoms with Gasteiger partial charge < -0.3 is 14.8 Å². The molecule has 0 bridgehead atoms. The molecular formula is C22H29NO3. The van der Waals surface area contributed by atoms with Crippen LogP contribution in [-0.2, 0) is 11.2 Å². The molecule has 0 aliphatic carbocycles.